The Balaban J connectivity index is 3.16. The van der Waals surface area contributed by atoms with Crippen molar-refractivity contribution in [1.29, 1.82) is 0 Å². The van der Waals surface area contributed by atoms with Crippen molar-refractivity contribution >= 4 is 25.2 Å². The molecule has 0 heterocycles. The molecule has 1 N–H and O–H groups in total. The summed E-state index contributed by atoms with van der Waals surface area (Å²) in [5.74, 6) is -0.845. The van der Waals surface area contributed by atoms with Gasteiger partial charge in [-0.2, -0.15) is 0 Å². The molecule has 0 aliphatic carbocycles. The van der Waals surface area contributed by atoms with E-state index < -0.39 is 5.82 Å². The van der Waals surface area contributed by atoms with Crippen LogP contribution in [0.25, 0.3) is 0 Å². The van der Waals surface area contributed by atoms with Gasteiger partial charge in [0.1, 0.15) is 0 Å². The largest absolute Gasteiger partial charge is 0.505 e. The molecule has 0 bridgehead atoms. The van der Waals surface area contributed by atoms with Crippen LogP contribution in [0.4, 0.5) is 4.39 Å². The topological polar surface area (TPSA) is 20.2 Å². The standard InChI is InChI=1S/C7H6FIO/c1-9-5-2-3-6(8)7(10)4-5/h2-4,10H,1H2. The highest BCUT2D eigenvalue weighted by molar-refractivity contribution is 14.2. The number of hydrogen-bond donors (Lipinski definition) is 1. The molecule has 1 aromatic rings. The summed E-state index contributed by atoms with van der Waals surface area (Å²) in [4.78, 5) is 0. The van der Waals surface area contributed by atoms with Crippen molar-refractivity contribution < 1.29 is 9.50 Å². The summed E-state index contributed by atoms with van der Waals surface area (Å²) in [5.41, 5.74) is 0. The Labute approximate surface area is 68.3 Å². The fourth-order valence-corrected chi connectivity index (χ4v) is 1.52. The lowest BCUT2D eigenvalue weighted by Crippen LogP contribution is -1.76. The Morgan fingerprint density at radius 2 is 2.20 bits per heavy atom. The van der Waals surface area contributed by atoms with E-state index in [-0.39, 0.29) is 26.5 Å². The van der Waals surface area contributed by atoms with E-state index >= 15 is 0 Å². The number of hydrogen-bond acceptors (Lipinski definition) is 1. The van der Waals surface area contributed by atoms with Gasteiger partial charge >= 0.3 is 0 Å². The van der Waals surface area contributed by atoms with Crippen molar-refractivity contribution in [3.63, 3.8) is 0 Å². The van der Waals surface area contributed by atoms with E-state index in [0.29, 0.717) is 0 Å². The van der Waals surface area contributed by atoms with Crippen molar-refractivity contribution in [2.75, 3.05) is 0 Å². The van der Waals surface area contributed by atoms with Crippen LogP contribution in [-0.4, -0.2) is 9.62 Å². The molecule has 0 aliphatic heterocycles. The van der Waals surface area contributed by atoms with E-state index in [2.05, 4.69) is 4.51 Å². The first-order valence-corrected chi connectivity index (χ1v) is 5.21. The molecule has 0 aliphatic rings. The summed E-state index contributed by atoms with van der Waals surface area (Å²) >= 11 is -0.297. The summed E-state index contributed by atoms with van der Waals surface area (Å²) < 4.78 is 17.0. The molecule has 0 saturated heterocycles. The molecule has 0 aromatic heterocycles. The normalized spacial score (nSPS) is 9.70. The quantitative estimate of drug-likeness (QED) is 0.759. The maximum Gasteiger partial charge on any atom is 0.164 e. The van der Waals surface area contributed by atoms with Gasteiger partial charge in [-0.1, -0.05) is 25.2 Å². The van der Waals surface area contributed by atoms with Crippen LogP contribution in [0.2, 0.25) is 0 Å². The predicted octanol–water partition coefficient (Wildman–Crippen LogP) is 2.10. The first-order chi connectivity index (χ1) is 4.74. The molecule has 3 heteroatoms. The minimum atomic E-state index is -0.568. The number of phenolic OH excluding ortho intramolecular Hbond substituents is 1. The van der Waals surface area contributed by atoms with Gasteiger partial charge in [0.05, 0.1) is 0 Å². The molecule has 0 saturated carbocycles. The van der Waals surface area contributed by atoms with E-state index in [1.165, 1.54) is 12.1 Å². The molecule has 0 spiro atoms. The summed E-state index contributed by atoms with van der Waals surface area (Å²) in [6.45, 7) is 0. The Morgan fingerprint density at radius 3 is 2.70 bits per heavy atom. The van der Waals surface area contributed by atoms with Crippen LogP contribution in [-0.2, 0) is 0 Å². The van der Waals surface area contributed by atoms with Crippen molar-refractivity contribution in [3.8, 4) is 5.75 Å². The third-order valence-corrected chi connectivity index (χ3v) is 2.61. The van der Waals surface area contributed by atoms with E-state index in [1.54, 1.807) is 6.07 Å². The number of aromatic hydroxyl groups is 1. The van der Waals surface area contributed by atoms with E-state index in [4.69, 9.17) is 5.11 Å². The van der Waals surface area contributed by atoms with Gasteiger partial charge in [-0.25, -0.2) is 4.39 Å². The highest BCUT2D eigenvalue weighted by atomic mass is 127. The van der Waals surface area contributed by atoms with Gasteiger partial charge in [-0.15, -0.1) is 0 Å². The van der Waals surface area contributed by atoms with Crippen LogP contribution in [0.5, 0.6) is 5.75 Å². The van der Waals surface area contributed by atoms with Crippen molar-refractivity contribution in [3.05, 3.63) is 27.6 Å². The molecule has 1 nitrogen and oxygen atoms in total. The zero-order chi connectivity index (χ0) is 7.56. The summed E-state index contributed by atoms with van der Waals surface area (Å²) in [5, 5.41) is 8.85. The highest BCUT2D eigenvalue weighted by Gasteiger charge is 1.97. The number of phenols is 1. The van der Waals surface area contributed by atoms with Gasteiger partial charge in [0.2, 0.25) is 0 Å². The van der Waals surface area contributed by atoms with Crippen molar-refractivity contribution in [2.45, 2.75) is 0 Å². The SMILES string of the molecule is C=Ic1ccc(F)c(O)c1. The highest BCUT2D eigenvalue weighted by Crippen LogP contribution is 2.19. The Bertz CT molecular complexity index is 260. The Hall–Kier alpha value is -0.450. The van der Waals surface area contributed by atoms with Gasteiger partial charge in [-0.3, -0.25) is 0 Å². The predicted molar refractivity (Wildman–Crippen MR) is 47.9 cm³/mol. The summed E-state index contributed by atoms with van der Waals surface area (Å²) in [6.07, 6.45) is 0. The van der Waals surface area contributed by atoms with Crippen LogP contribution < -0.4 is 0 Å². The number of benzene rings is 1. The zero-order valence-corrected chi connectivity index (χ0v) is 7.30. The fourth-order valence-electron chi connectivity index (χ4n) is 0.569. The van der Waals surface area contributed by atoms with E-state index in [0.717, 1.165) is 3.57 Å². The molecule has 0 fully saturated rings. The van der Waals surface area contributed by atoms with E-state index in [1.807, 2.05) is 0 Å². The van der Waals surface area contributed by atoms with Gasteiger partial charge < -0.3 is 5.11 Å². The second-order valence-corrected chi connectivity index (χ2v) is 3.74. The first-order valence-electron chi connectivity index (χ1n) is 2.61. The molecule has 10 heavy (non-hydrogen) atoms. The van der Waals surface area contributed by atoms with Crippen LogP contribution >= 0.6 is 20.7 Å². The van der Waals surface area contributed by atoms with Gasteiger partial charge in [-0.05, 0) is 18.2 Å². The van der Waals surface area contributed by atoms with Crippen LogP contribution in [0, 0.1) is 9.39 Å². The molecule has 0 amide bonds. The van der Waals surface area contributed by atoms with Crippen LogP contribution in [0.15, 0.2) is 18.2 Å². The maximum absolute atomic E-state index is 12.4. The van der Waals surface area contributed by atoms with Crippen molar-refractivity contribution in [1.82, 2.24) is 0 Å². The molecule has 1 aromatic carbocycles. The monoisotopic (exact) mass is 252 g/mol. The smallest absolute Gasteiger partial charge is 0.164 e. The first kappa shape index (κ1) is 7.65. The lowest BCUT2D eigenvalue weighted by atomic mass is 10.3. The fraction of sp³-hybridized carbons (Fsp3) is 0. The molecule has 54 valence electrons. The van der Waals surface area contributed by atoms with Gasteiger partial charge in [0.15, 0.2) is 11.6 Å². The van der Waals surface area contributed by atoms with E-state index in [9.17, 15) is 4.39 Å². The second kappa shape index (κ2) is 3.09. The number of halogens is 2. The number of rotatable bonds is 1. The third kappa shape index (κ3) is 1.53. The van der Waals surface area contributed by atoms with Crippen LogP contribution in [0.3, 0.4) is 0 Å². The lowest BCUT2D eigenvalue weighted by molar-refractivity contribution is 0.432. The minimum Gasteiger partial charge on any atom is -0.505 e. The maximum atomic E-state index is 12.4. The average molecular weight is 252 g/mol. The third-order valence-electron chi connectivity index (χ3n) is 1.06. The molecular weight excluding hydrogens is 246 g/mol. The molecule has 0 radical (unpaired) electrons. The summed E-state index contributed by atoms with van der Waals surface area (Å²) in [6, 6.07) is 4.33. The molecule has 0 unspecified atom stereocenters. The summed E-state index contributed by atoms with van der Waals surface area (Å²) in [7, 11) is 0. The molecular formula is C7H6FIO. The van der Waals surface area contributed by atoms with Gasteiger partial charge in [0.25, 0.3) is 0 Å². The van der Waals surface area contributed by atoms with Gasteiger partial charge in [0, 0.05) is 3.57 Å². The minimum absolute atomic E-state index is 0.277. The molecule has 0 atom stereocenters. The Kier molecular flexibility index (Phi) is 2.37. The lowest BCUT2D eigenvalue weighted by Gasteiger charge is -1.94. The average Bonchev–Trinajstić information content (AvgIpc) is 1.95. The zero-order valence-electron chi connectivity index (χ0n) is 5.14. The van der Waals surface area contributed by atoms with Crippen LogP contribution in [0.1, 0.15) is 0 Å². The molecule has 1 rings (SSSR count). The Morgan fingerprint density at radius 1 is 1.50 bits per heavy atom. The van der Waals surface area contributed by atoms with Crippen molar-refractivity contribution in [2.24, 2.45) is 0 Å². The second-order valence-electron chi connectivity index (χ2n) is 1.73.